The first kappa shape index (κ1) is 25.5. The van der Waals surface area contributed by atoms with Crippen LogP contribution in [0.15, 0.2) is 42.7 Å². The number of imidazole rings is 1. The van der Waals surface area contributed by atoms with Crippen LogP contribution in [-0.2, 0) is 18.3 Å². The second kappa shape index (κ2) is 11.9. The summed E-state index contributed by atoms with van der Waals surface area (Å²) >= 11 is 0. The summed E-state index contributed by atoms with van der Waals surface area (Å²) in [6, 6.07) is 10.5. The Kier molecular flexibility index (Phi) is 8.43. The molecule has 1 aromatic heterocycles. The van der Waals surface area contributed by atoms with Gasteiger partial charge in [-0.15, -0.1) is 0 Å². The molecular weight excluding hydrogens is 448 g/mol. The lowest BCUT2D eigenvalue weighted by molar-refractivity contribution is -0.144. The van der Waals surface area contributed by atoms with Gasteiger partial charge in [-0.05, 0) is 68.5 Å². The van der Waals surface area contributed by atoms with Crippen molar-refractivity contribution < 1.29 is 9.90 Å². The van der Waals surface area contributed by atoms with Crippen molar-refractivity contribution in [2.24, 2.45) is 24.8 Å². The minimum atomic E-state index is -0.624. The number of carboxylic acids is 1. The van der Waals surface area contributed by atoms with Gasteiger partial charge in [0.25, 0.3) is 0 Å². The van der Waals surface area contributed by atoms with Crippen LogP contribution in [0, 0.1) is 17.8 Å². The van der Waals surface area contributed by atoms with Crippen LogP contribution >= 0.6 is 0 Å². The van der Waals surface area contributed by atoms with Gasteiger partial charge in [0.1, 0.15) is 11.9 Å². The van der Waals surface area contributed by atoms with E-state index in [1.165, 1.54) is 69.4 Å². The number of hydrogen-bond acceptors (Lipinski definition) is 4. The van der Waals surface area contributed by atoms with Gasteiger partial charge in [-0.3, -0.25) is 9.69 Å². The number of likely N-dealkylation sites (tertiary alicyclic amines) is 2. The zero-order chi connectivity index (χ0) is 24.9. The highest BCUT2D eigenvalue weighted by Crippen LogP contribution is 2.38. The maximum Gasteiger partial charge on any atom is 0.320 e. The topological polar surface area (TPSA) is 61.6 Å². The van der Waals surface area contributed by atoms with Gasteiger partial charge >= 0.3 is 5.97 Å². The van der Waals surface area contributed by atoms with E-state index in [9.17, 15) is 9.90 Å². The van der Waals surface area contributed by atoms with Crippen LogP contribution in [-0.4, -0.2) is 69.2 Å². The predicted octanol–water partition coefficient (Wildman–Crippen LogP) is 4.81. The van der Waals surface area contributed by atoms with Crippen LogP contribution in [0.4, 0.5) is 0 Å². The second-order valence-electron chi connectivity index (χ2n) is 11.7. The fourth-order valence-corrected chi connectivity index (χ4v) is 6.85. The molecule has 2 saturated heterocycles. The molecule has 6 heteroatoms. The summed E-state index contributed by atoms with van der Waals surface area (Å²) in [5.41, 5.74) is 1.38. The number of piperidine rings is 1. The first-order valence-corrected chi connectivity index (χ1v) is 14.3. The Morgan fingerprint density at radius 2 is 1.86 bits per heavy atom. The van der Waals surface area contributed by atoms with Crippen molar-refractivity contribution in [2.45, 2.75) is 69.7 Å². The Balaban J connectivity index is 1.16. The number of nitrogens with zero attached hydrogens (tertiary/aromatic N) is 4. The molecule has 196 valence electrons. The van der Waals surface area contributed by atoms with E-state index in [2.05, 4.69) is 56.7 Å². The van der Waals surface area contributed by atoms with Crippen molar-refractivity contribution in [1.82, 2.24) is 19.4 Å². The predicted molar refractivity (Wildman–Crippen MR) is 143 cm³/mol. The van der Waals surface area contributed by atoms with Crippen LogP contribution in [0.5, 0.6) is 0 Å². The lowest BCUT2D eigenvalue weighted by atomic mass is 9.80. The highest BCUT2D eigenvalue weighted by atomic mass is 16.4. The largest absolute Gasteiger partial charge is 0.480 e. The summed E-state index contributed by atoms with van der Waals surface area (Å²) in [7, 11) is 2.08. The molecule has 1 N–H and O–H groups in total. The first-order valence-electron chi connectivity index (χ1n) is 14.3. The van der Waals surface area contributed by atoms with E-state index in [0.717, 1.165) is 38.4 Å². The number of aromatic nitrogens is 2. The zero-order valence-corrected chi connectivity index (χ0v) is 22.0. The quantitative estimate of drug-likeness (QED) is 0.488. The van der Waals surface area contributed by atoms with Crippen molar-refractivity contribution in [3.05, 3.63) is 54.1 Å². The summed E-state index contributed by atoms with van der Waals surface area (Å²) in [6.45, 7) is 5.23. The van der Waals surface area contributed by atoms with Crippen LogP contribution in [0.2, 0.25) is 0 Å². The summed E-state index contributed by atoms with van der Waals surface area (Å²) < 4.78 is 2.14. The summed E-state index contributed by atoms with van der Waals surface area (Å²) in [5.74, 6) is 2.92. The van der Waals surface area contributed by atoms with Gasteiger partial charge in [-0.2, -0.15) is 0 Å². The molecule has 1 aromatic carbocycles. The third kappa shape index (κ3) is 6.20. The lowest BCUT2D eigenvalue weighted by Crippen LogP contribution is -2.43. The number of benzene rings is 1. The fourth-order valence-electron chi connectivity index (χ4n) is 6.85. The molecule has 3 atom stereocenters. The molecule has 3 unspecified atom stereocenters. The van der Waals surface area contributed by atoms with Gasteiger partial charge in [0, 0.05) is 51.4 Å². The zero-order valence-electron chi connectivity index (χ0n) is 22.0. The van der Waals surface area contributed by atoms with Crippen LogP contribution < -0.4 is 0 Å². The molecular formula is C30H44N4O2. The molecule has 1 saturated carbocycles. The number of rotatable bonds is 11. The molecule has 0 radical (unpaired) electrons. The molecule has 1 aliphatic carbocycles. The molecule has 5 rings (SSSR count). The molecule has 6 nitrogen and oxygen atoms in total. The Morgan fingerprint density at radius 3 is 2.50 bits per heavy atom. The van der Waals surface area contributed by atoms with Crippen molar-refractivity contribution in [1.29, 1.82) is 0 Å². The molecule has 0 spiro atoms. The number of hydrogen-bond donors (Lipinski definition) is 1. The van der Waals surface area contributed by atoms with Gasteiger partial charge in [0.15, 0.2) is 0 Å². The Morgan fingerprint density at radius 1 is 1.08 bits per heavy atom. The van der Waals surface area contributed by atoms with Gasteiger partial charge < -0.3 is 14.6 Å². The Bertz CT molecular complexity index is 964. The fraction of sp³-hybridized carbons (Fsp3) is 0.667. The molecule has 3 heterocycles. The standard InChI is InChI=1S/C30H44N4O2/c1-32-18-15-31-29(32)12-6-7-23-13-16-33(17-14-23)20-26-21-34(22-27(26)25-10-3-2-4-11-25)28(30(35)36)19-24-8-5-9-24/h2-4,10-11,15,18,23-24,26-28H,5-9,12-14,16-17,19-22H2,1H3,(H,35,36). The Labute approximate surface area is 216 Å². The second-order valence-corrected chi connectivity index (χ2v) is 11.7. The number of aryl methyl sites for hydroxylation is 2. The third-order valence-electron chi connectivity index (χ3n) is 9.34. The van der Waals surface area contributed by atoms with Crippen molar-refractivity contribution in [3.8, 4) is 0 Å². The number of carboxylic acid groups (broad SMARTS) is 1. The highest BCUT2D eigenvalue weighted by molar-refractivity contribution is 5.73. The van der Waals surface area contributed by atoms with E-state index in [4.69, 9.17) is 0 Å². The van der Waals surface area contributed by atoms with Crippen molar-refractivity contribution in [3.63, 3.8) is 0 Å². The van der Waals surface area contributed by atoms with Gasteiger partial charge in [0.05, 0.1) is 0 Å². The lowest BCUT2D eigenvalue weighted by Gasteiger charge is -2.35. The van der Waals surface area contributed by atoms with Crippen LogP contribution in [0.3, 0.4) is 0 Å². The van der Waals surface area contributed by atoms with E-state index in [-0.39, 0.29) is 6.04 Å². The number of aliphatic carboxylic acids is 1. The average molecular weight is 493 g/mol. The molecule has 3 aliphatic rings. The van der Waals surface area contributed by atoms with Gasteiger partial charge in [-0.25, -0.2) is 4.98 Å². The maximum absolute atomic E-state index is 12.3. The molecule has 2 aromatic rings. The average Bonchev–Trinajstić information content (AvgIpc) is 3.46. The van der Waals surface area contributed by atoms with Crippen LogP contribution in [0.1, 0.15) is 68.7 Å². The van der Waals surface area contributed by atoms with Crippen molar-refractivity contribution >= 4 is 5.97 Å². The smallest absolute Gasteiger partial charge is 0.320 e. The summed E-state index contributed by atoms with van der Waals surface area (Å²) in [5, 5.41) is 10.1. The van der Waals surface area contributed by atoms with Crippen molar-refractivity contribution in [2.75, 3.05) is 32.7 Å². The van der Waals surface area contributed by atoms with Crippen LogP contribution in [0.25, 0.3) is 0 Å². The third-order valence-corrected chi connectivity index (χ3v) is 9.34. The van der Waals surface area contributed by atoms with E-state index in [1.54, 1.807) is 0 Å². The Hall–Kier alpha value is -2.18. The first-order chi connectivity index (χ1) is 17.6. The molecule has 36 heavy (non-hydrogen) atoms. The van der Waals surface area contributed by atoms with E-state index in [1.807, 2.05) is 12.4 Å². The summed E-state index contributed by atoms with van der Waals surface area (Å²) in [6.07, 6.45) is 14.6. The molecule has 3 fully saturated rings. The van der Waals surface area contributed by atoms with E-state index < -0.39 is 5.97 Å². The normalized spacial score (nSPS) is 25.1. The summed E-state index contributed by atoms with van der Waals surface area (Å²) in [4.78, 5) is 21.7. The SMILES string of the molecule is Cn1ccnc1CCCC1CCN(CC2CN(C(CC3CCC3)C(=O)O)CC2c2ccccc2)CC1. The molecule has 2 aliphatic heterocycles. The van der Waals surface area contributed by atoms with E-state index in [0.29, 0.717) is 17.8 Å². The molecule has 0 amide bonds. The maximum atomic E-state index is 12.3. The van der Waals surface area contributed by atoms with E-state index >= 15 is 0 Å². The minimum Gasteiger partial charge on any atom is -0.480 e. The highest BCUT2D eigenvalue weighted by Gasteiger charge is 2.41. The number of carbonyl (C=O) groups is 1. The molecule has 0 bridgehead atoms. The minimum absolute atomic E-state index is 0.323. The van der Waals surface area contributed by atoms with Gasteiger partial charge in [-0.1, -0.05) is 49.6 Å². The monoisotopic (exact) mass is 492 g/mol. The van der Waals surface area contributed by atoms with Gasteiger partial charge in [0.2, 0.25) is 0 Å².